The highest BCUT2D eigenvalue weighted by atomic mass is 35.5. The topological polar surface area (TPSA) is 42.9 Å². The second-order valence-corrected chi connectivity index (χ2v) is 3.90. The van der Waals surface area contributed by atoms with E-state index in [1.165, 1.54) is 13.0 Å². The van der Waals surface area contributed by atoms with Crippen LogP contribution in [0.2, 0.25) is 5.15 Å². The molecule has 0 amide bonds. The van der Waals surface area contributed by atoms with Gasteiger partial charge in [-0.2, -0.15) is 0 Å². The largest absolute Gasteiger partial charge is 0.298 e. The average molecular weight is 269 g/mol. The molecule has 1 heterocycles. The molecule has 0 N–H and O–H groups in total. The van der Waals surface area contributed by atoms with Crippen LogP contribution < -0.4 is 0 Å². The molecular formula is C12H7ClF2N2O. The van der Waals surface area contributed by atoms with Gasteiger partial charge >= 0.3 is 0 Å². The first-order valence-corrected chi connectivity index (χ1v) is 5.36. The van der Waals surface area contributed by atoms with E-state index < -0.39 is 11.6 Å². The van der Waals surface area contributed by atoms with Crippen molar-refractivity contribution in [3.05, 3.63) is 46.4 Å². The van der Waals surface area contributed by atoms with Crippen LogP contribution >= 0.6 is 11.6 Å². The van der Waals surface area contributed by atoms with Gasteiger partial charge in [-0.1, -0.05) is 17.7 Å². The Hall–Kier alpha value is -1.88. The minimum Gasteiger partial charge on any atom is -0.298 e. The molecule has 18 heavy (non-hydrogen) atoms. The number of rotatable bonds is 2. The first-order chi connectivity index (χ1) is 8.54. The van der Waals surface area contributed by atoms with Gasteiger partial charge in [-0.3, -0.25) is 4.79 Å². The molecule has 0 unspecified atom stereocenters. The number of carbonyl (C=O) groups excluding carboxylic acids is 1. The number of benzene rings is 1. The lowest BCUT2D eigenvalue weighted by molar-refractivity contribution is 0.112. The number of aromatic nitrogens is 2. The predicted octanol–water partition coefficient (Wildman–Crippen LogP) is 3.20. The number of aldehydes is 1. The highest BCUT2D eigenvalue weighted by Gasteiger charge is 2.19. The van der Waals surface area contributed by atoms with E-state index >= 15 is 0 Å². The third-order valence-electron chi connectivity index (χ3n) is 2.33. The maximum absolute atomic E-state index is 13.7. The number of carbonyl (C=O) groups is 1. The molecule has 0 aliphatic heterocycles. The fourth-order valence-electron chi connectivity index (χ4n) is 1.57. The zero-order chi connectivity index (χ0) is 13.3. The van der Waals surface area contributed by atoms with Gasteiger partial charge in [0.2, 0.25) is 0 Å². The van der Waals surface area contributed by atoms with E-state index in [1.807, 2.05) is 0 Å². The Labute approximate surface area is 106 Å². The minimum atomic E-state index is -0.813. The van der Waals surface area contributed by atoms with Crippen molar-refractivity contribution in [2.45, 2.75) is 6.92 Å². The van der Waals surface area contributed by atoms with E-state index in [9.17, 15) is 13.6 Å². The van der Waals surface area contributed by atoms with Crippen molar-refractivity contribution >= 4 is 17.9 Å². The third kappa shape index (κ3) is 2.09. The molecule has 0 bridgehead atoms. The molecule has 1 aromatic heterocycles. The number of nitrogens with zero attached hydrogens (tertiary/aromatic N) is 2. The monoisotopic (exact) mass is 268 g/mol. The fourth-order valence-corrected chi connectivity index (χ4v) is 1.82. The third-order valence-corrected chi connectivity index (χ3v) is 2.62. The van der Waals surface area contributed by atoms with Gasteiger partial charge in [-0.15, -0.1) is 0 Å². The van der Waals surface area contributed by atoms with Gasteiger partial charge in [0.25, 0.3) is 0 Å². The normalized spacial score (nSPS) is 10.4. The number of aryl methyl sites for hydroxylation is 1. The van der Waals surface area contributed by atoms with Crippen molar-refractivity contribution in [3.63, 3.8) is 0 Å². The summed E-state index contributed by atoms with van der Waals surface area (Å²) in [6.45, 7) is 1.52. The molecule has 0 saturated heterocycles. The van der Waals surface area contributed by atoms with E-state index in [0.29, 0.717) is 6.29 Å². The van der Waals surface area contributed by atoms with E-state index in [2.05, 4.69) is 9.97 Å². The van der Waals surface area contributed by atoms with Crippen LogP contribution in [0.1, 0.15) is 16.2 Å². The van der Waals surface area contributed by atoms with Crippen molar-refractivity contribution in [1.29, 1.82) is 0 Å². The highest BCUT2D eigenvalue weighted by Crippen LogP contribution is 2.29. The Kier molecular flexibility index (Phi) is 3.34. The number of hydrogen-bond donors (Lipinski definition) is 0. The fraction of sp³-hybridized carbons (Fsp3) is 0.0833. The van der Waals surface area contributed by atoms with Crippen LogP contribution in [0.15, 0.2) is 18.2 Å². The standard InChI is InChI=1S/C12H7ClF2N2O/c1-6-16-11(7(5-18)12(13)17-6)10-8(14)3-2-4-9(10)15/h2-5H,1H3. The maximum Gasteiger partial charge on any atom is 0.155 e. The Morgan fingerprint density at radius 1 is 1.22 bits per heavy atom. The molecule has 0 radical (unpaired) electrons. The summed E-state index contributed by atoms with van der Waals surface area (Å²) >= 11 is 5.76. The second kappa shape index (κ2) is 4.78. The molecular weight excluding hydrogens is 262 g/mol. The molecule has 2 aromatic rings. The van der Waals surface area contributed by atoms with Crippen LogP contribution in [-0.2, 0) is 0 Å². The zero-order valence-electron chi connectivity index (χ0n) is 9.25. The van der Waals surface area contributed by atoms with Crippen LogP contribution in [0, 0.1) is 18.6 Å². The van der Waals surface area contributed by atoms with Gasteiger partial charge < -0.3 is 0 Å². The highest BCUT2D eigenvalue weighted by molar-refractivity contribution is 6.32. The zero-order valence-corrected chi connectivity index (χ0v) is 10.0. The smallest absolute Gasteiger partial charge is 0.155 e. The Bertz CT molecular complexity index is 611. The van der Waals surface area contributed by atoms with Gasteiger partial charge in [0.1, 0.15) is 22.6 Å². The summed E-state index contributed by atoms with van der Waals surface area (Å²) < 4.78 is 27.3. The van der Waals surface area contributed by atoms with Gasteiger partial charge in [0.05, 0.1) is 16.8 Å². The van der Waals surface area contributed by atoms with E-state index in [0.717, 1.165) is 12.1 Å². The molecule has 0 saturated carbocycles. The molecule has 6 heteroatoms. The Morgan fingerprint density at radius 3 is 2.39 bits per heavy atom. The molecule has 0 aliphatic carbocycles. The lowest BCUT2D eigenvalue weighted by atomic mass is 10.1. The summed E-state index contributed by atoms with van der Waals surface area (Å²) in [7, 11) is 0. The van der Waals surface area contributed by atoms with Crippen LogP contribution in [0.3, 0.4) is 0 Å². The summed E-state index contributed by atoms with van der Waals surface area (Å²) in [5.41, 5.74) is -0.656. The lowest BCUT2D eigenvalue weighted by Crippen LogP contribution is -2.02. The van der Waals surface area contributed by atoms with Gasteiger partial charge in [0, 0.05) is 0 Å². The molecule has 0 fully saturated rings. The first-order valence-electron chi connectivity index (χ1n) is 4.98. The van der Waals surface area contributed by atoms with Gasteiger partial charge in [0.15, 0.2) is 6.29 Å². The Morgan fingerprint density at radius 2 is 1.83 bits per heavy atom. The van der Waals surface area contributed by atoms with E-state index in [-0.39, 0.29) is 27.8 Å². The van der Waals surface area contributed by atoms with Crippen molar-refractivity contribution in [1.82, 2.24) is 9.97 Å². The summed E-state index contributed by atoms with van der Waals surface area (Å²) in [5, 5.41) is -0.129. The van der Waals surface area contributed by atoms with Crippen molar-refractivity contribution in [2.24, 2.45) is 0 Å². The first kappa shape index (κ1) is 12.6. The summed E-state index contributed by atoms with van der Waals surface area (Å²) in [6.07, 6.45) is 0.378. The summed E-state index contributed by atoms with van der Waals surface area (Å²) in [5.74, 6) is -1.40. The quantitative estimate of drug-likeness (QED) is 0.620. The van der Waals surface area contributed by atoms with Crippen molar-refractivity contribution in [3.8, 4) is 11.3 Å². The Balaban J connectivity index is 2.82. The van der Waals surface area contributed by atoms with Gasteiger partial charge in [-0.25, -0.2) is 18.7 Å². The van der Waals surface area contributed by atoms with Crippen LogP contribution in [0.25, 0.3) is 11.3 Å². The van der Waals surface area contributed by atoms with Crippen LogP contribution in [-0.4, -0.2) is 16.3 Å². The maximum atomic E-state index is 13.7. The predicted molar refractivity (Wildman–Crippen MR) is 62.5 cm³/mol. The van der Waals surface area contributed by atoms with Gasteiger partial charge in [-0.05, 0) is 19.1 Å². The molecule has 1 aromatic carbocycles. The molecule has 92 valence electrons. The van der Waals surface area contributed by atoms with E-state index in [4.69, 9.17) is 11.6 Å². The SMILES string of the molecule is Cc1nc(Cl)c(C=O)c(-c2c(F)cccc2F)n1. The summed E-state index contributed by atoms with van der Waals surface area (Å²) in [4.78, 5) is 18.6. The molecule has 0 spiro atoms. The number of halogens is 3. The lowest BCUT2D eigenvalue weighted by Gasteiger charge is -2.08. The average Bonchev–Trinajstić information content (AvgIpc) is 2.28. The molecule has 2 rings (SSSR count). The van der Waals surface area contributed by atoms with Crippen molar-refractivity contribution in [2.75, 3.05) is 0 Å². The van der Waals surface area contributed by atoms with Crippen molar-refractivity contribution < 1.29 is 13.6 Å². The summed E-state index contributed by atoms with van der Waals surface area (Å²) in [6, 6.07) is 3.39. The molecule has 3 nitrogen and oxygen atoms in total. The van der Waals surface area contributed by atoms with Crippen LogP contribution in [0.4, 0.5) is 8.78 Å². The number of hydrogen-bond acceptors (Lipinski definition) is 3. The van der Waals surface area contributed by atoms with Crippen LogP contribution in [0.5, 0.6) is 0 Å². The second-order valence-electron chi connectivity index (χ2n) is 3.54. The molecule has 0 atom stereocenters. The minimum absolute atomic E-state index is 0.129. The van der Waals surface area contributed by atoms with E-state index in [1.54, 1.807) is 0 Å². The molecule has 0 aliphatic rings.